The Kier molecular flexibility index (Phi) is 7.18. The van der Waals surface area contributed by atoms with Crippen molar-refractivity contribution in [3.8, 4) is 22.9 Å². The fraction of sp³-hybridized carbons (Fsp3) is 0.333. The van der Waals surface area contributed by atoms with Crippen LogP contribution in [-0.4, -0.2) is 58.0 Å². The highest BCUT2D eigenvalue weighted by molar-refractivity contribution is 5.96. The number of ether oxygens (including phenoxy) is 2. The fourth-order valence-corrected chi connectivity index (χ4v) is 5.28. The number of rotatable bonds is 8. The number of hydrogen-bond acceptors (Lipinski definition) is 7. The molecule has 6 rings (SSSR count). The summed E-state index contributed by atoms with van der Waals surface area (Å²) in [4.78, 5) is 29.4. The summed E-state index contributed by atoms with van der Waals surface area (Å²) in [6, 6.07) is 6.31. The number of carbonyl (C=O) groups is 2. The zero-order chi connectivity index (χ0) is 33.3. The average Bonchev–Trinajstić information content (AvgIpc) is 3.68. The molecule has 0 saturated heterocycles. The molecule has 1 unspecified atom stereocenters. The first-order valence-electron chi connectivity index (χ1n) is 13.9. The van der Waals surface area contributed by atoms with E-state index in [9.17, 15) is 41.0 Å². The van der Waals surface area contributed by atoms with Crippen LogP contribution >= 0.6 is 0 Å². The van der Waals surface area contributed by atoms with E-state index in [-0.39, 0.29) is 22.9 Å². The average molecular weight is 650 g/mol. The lowest BCUT2D eigenvalue weighted by molar-refractivity contribution is -0.265. The summed E-state index contributed by atoms with van der Waals surface area (Å²) in [6.07, 6.45) is -3.64. The van der Waals surface area contributed by atoms with Crippen molar-refractivity contribution in [2.24, 2.45) is 5.73 Å². The van der Waals surface area contributed by atoms with Gasteiger partial charge < -0.3 is 25.6 Å². The highest BCUT2D eigenvalue weighted by Crippen LogP contribution is 2.48. The second-order valence-electron chi connectivity index (χ2n) is 11.4. The Morgan fingerprint density at radius 3 is 2.50 bits per heavy atom. The van der Waals surface area contributed by atoms with E-state index < -0.39 is 82.3 Å². The molecule has 46 heavy (non-hydrogen) atoms. The number of nitrogens with two attached hydrogens (primary N) is 1. The third-order valence-corrected chi connectivity index (χ3v) is 8.32. The third-order valence-electron chi connectivity index (χ3n) is 8.32. The molecule has 1 fully saturated rings. The summed E-state index contributed by atoms with van der Waals surface area (Å²) in [5.41, 5.74) is -2.21. The van der Waals surface area contributed by atoms with Gasteiger partial charge in [-0.3, -0.25) is 9.59 Å². The van der Waals surface area contributed by atoms with Gasteiger partial charge in [0.1, 0.15) is 23.5 Å². The molecule has 0 spiro atoms. The smallest absolute Gasteiger partial charge is 0.424 e. The highest BCUT2D eigenvalue weighted by atomic mass is 19.4. The number of methoxy groups -OCH3 is 1. The second-order valence-corrected chi connectivity index (χ2v) is 11.4. The van der Waals surface area contributed by atoms with Crippen LogP contribution in [0.2, 0.25) is 0 Å². The Morgan fingerprint density at radius 2 is 1.87 bits per heavy atom. The Morgan fingerprint density at radius 1 is 1.15 bits per heavy atom. The maximum atomic E-state index is 14.9. The van der Waals surface area contributed by atoms with Crippen molar-refractivity contribution in [1.29, 1.82) is 0 Å². The quantitative estimate of drug-likeness (QED) is 0.194. The number of aromatic nitrogens is 3. The molecule has 16 heteroatoms. The van der Waals surface area contributed by atoms with Crippen molar-refractivity contribution in [3.63, 3.8) is 0 Å². The summed E-state index contributed by atoms with van der Waals surface area (Å²) >= 11 is 0. The van der Waals surface area contributed by atoms with Gasteiger partial charge in [0.25, 0.3) is 5.91 Å². The van der Waals surface area contributed by atoms with E-state index in [2.05, 4.69) is 15.4 Å². The Bertz CT molecular complexity index is 1930. The number of halogens is 6. The van der Waals surface area contributed by atoms with Crippen LogP contribution in [-0.2, 0) is 15.8 Å². The van der Waals surface area contributed by atoms with Gasteiger partial charge in [-0.05, 0) is 50.1 Å². The van der Waals surface area contributed by atoms with Crippen molar-refractivity contribution < 1.29 is 50.5 Å². The number of amides is 2. The monoisotopic (exact) mass is 649 g/mol. The number of aliphatic hydroxyl groups is 1. The molecule has 242 valence electrons. The molecule has 2 amide bonds. The number of fused-ring (bicyclic) bond motifs is 2. The van der Waals surface area contributed by atoms with Gasteiger partial charge in [0, 0.05) is 28.7 Å². The molecule has 1 aromatic carbocycles. The normalized spacial score (nSPS) is 19.0. The number of benzene rings is 1. The predicted octanol–water partition coefficient (Wildman–Crippen LogP) is 4.01. The standard InChI is InChI=1S/C30H25F6N5O5/c1-28(27(37)43)12-46-25-17(28)10-20(39-24(25)16-5-6-18(31)23(33)22(16)32)29(44,30(34,35)36)11-38-26(42)14-7-15-9-19(13-3-4-13)40-41(15)21(8-14)45-2/h5-10,13,44H,3-4,11-12H2,1-2H3,(H2,37,43)(H,38,42)/t28-,29?/m0/s1. The number of pyridine rings is 2. The number of hydrogen-bond donors (Lipinski definition) is 3. The number of nitrogens with zero attached hydrogens (tertiary/aromatic N) is 3. The Balaban J connectivity index is 1.43. The molecule has 0 bridgehead atoms. The third kappa shape index (κ3) is 4.87. The fourth-order valence-electron chi connectivity index (χ4n) is 5.28. The van der Waals surface area contributed by atoms with Crippen LogP contribution in [0.15, 0.2) is 36.4 Å². The molecule has 10 nitrogen and oxygen atoms in total. The molecule has 2 aliphatic rings. The summed E-state index contributed by atoms with van der Waals surface area (Å²) < 4.78 is 99.2. The van der Waals surface area contributed by atoms with Crippen molar-refractivity contribution in [2.75, 3.05) is 20.3 Å². The largest absolute Gasteiger partial charge is 0.489 e. The number of carbonyl (C=O) groups excluding carboxylic acids is 2. The first-order chi connectivity index (χ1) is 21.6. The van der Waals surface area contributed by atoms with Crippen molar-refractivity contribution in [3.05, 3.63) is 76.4 Å². The zero-order valence-corrected chi connectivity index (χ0v) is 24.1. The second kappa shape index (κ2) is 10.6. The van der Waals surface area contributed by atoms with Crippen LogP contribution in [0.5, 0.6) is 11.6 Å². The van der Waals surface area contributed by atoms with E-state index in [0.29, 0.717) is 23.7 Å². The molecule has 4 aromatic rings. The van der Waals surface area contributed by atoms with Gasteiger partial charge in [0.05, 0.1) is 30.6 Å². The first kappa shape index (κ1) is 31.1. The van der Waals surface area contributed by atoms with Crippen LogP contribution < -0.4 is 20.5 Å². The van der Waals surface area contributed by atoms with Gasteiger partial charge in [-0.25, -0.2) is 22.7 Å². The number of primary amides is 1. The van der Waals surface area contributed by atoms with E-state index in [1.165, 1.54) is 30.7 Å². The highest BCUT2D eigenvalue weighted by Gasteiger charge is 2.58. The van der Waals surface area contributed by atoms with E-state index in [0.717, 1.165) is 18.5 Å². The lowest BCUT2D eigenvalue weighted by Crippen LogP contribution is -2.51. The first-order valence-corrected chi connectivity index (χ1v) is 13.9. The number of nitrogens with one attached hydrogen (secondary N) is 1. The van der Waals surface area contributed by atoms with E-state index in [4.69, 9.17) is 15.2 Å². The van der Waals surface area contributed by atoms with Crippen molar-refractivity contribution >= 4 is 17.3 Å². The summed E-state index contributed by atoms with van der Waals surface area (Å²) in [6.45, 7) is -0.780. The van der Waals surface area contributed by atoms with E-state index in [1.807, 2.05) is 0 Å². The summed E-state index contributed by atoms with van der Waals surface area (Å²) in [5.74, 6) is -7.44. The zero-order valence-electron chi connectivity index (χ0n) is 24.1. The minimum absolute atomic E-state index is 0.114. The van der Waals surface area contributed by atoms with Gasteiger partial charge >= 0.3 is 6.18 Å². The SMILES string of the molecule is COc1cc(C(=O)NCC(O)(c2cc3c(c(-c4ccc(F)c(F)c4F)n2)OC[C@]3(C)C(N)=O)C(F)(F)F)cc2cc(C3CC3)nn12. The minimum Gasteiger partial charge on any atom is -0.489 e. The summed E-state index contributed by atoms with van der Waals surface area (Å²) in [7, 11) is 1.33. The number of alkyl halides is 3. The molecule has 4 N–H and O–H groups in total. The van der Waals surface area contributed by atoms with E-state index in [1.54, 1.807) is 6.07 Å². The molecular weight excluding hydrogens is 624 g/mol. The molecule has 3 aromatic heterocycles. The van der Waals surface area contributed by atoms with Gasteiger partial charge in [0.15, 0.2) is 17.5 Å². The lowest BCUT2D eigenvalue weighted by atomic mass is 9.81. The van der Waals surface area contributed by atoms with Gasteiger partial charge in [-0.15, -0.1) is 0 Å². The maximum Gasteiger partial charge on any atom is 0.424 e. The molecule has 2 atom stereocenters. The molecule has 1 saturated carbocycles. The van der Waals surface area contributed by atoms with Crippen LogP contribution in [0.3, 0.4) is 0 Å². The molecule has 4 heterocycles. The summed E-state index contributed by atoms with van der Waals surface area (Å²) in [5, 5.41) is 17.7. The lowest BCUT2D eigenvalue weighted by Gasteiger charge is -2.31. The molecular formula is C30H25F6N5O5. The maximum absolute atomic E-state index is 14.9. The van der Waals surface area contributed by atoms with Gasteiger partial charge in [-0.2, -0.15) is 18.3 Å². The molecule has 1 aliphatic heterocycles. The molecule has 1 aliphatic carbocycles. The van der Waals surface area contributed by atoms with Crippen molar-refractivity contribution in [2.45, 2.75) is 42.9 Å². The Labute approximate surface area is 256 Å². The van der Waals surface area contributed by atoms with Crippen LogP contribution in [0, 0.1) is 17.5 Å². The Hall–Kier alpha value is -4.86. The minimum atomic E-state index is -5.53. The van der Waals surface area contributed by atoms with Gasteiger partial charge in [-0.1, -0.05) is 0 Å². The topological polar surface area (TPSA) is 141 Å². The van der Waals surface area contributed by atoms with Gasteiger partial charge in [0.2, 0.25) is 17.4 Å². The van der Waals surface area contributed by atoms with Crippen LogP contribution in [0.1, 0.15) is 53.0 Å². The molecule has 0 radical (unpaired) electrons. The predicted molar refractivity (Wildman–Crippen MR) is 148 cm³/mol. The van der Waals surface area contributed by atoms with Crippen LogP contribution in [0.4, 0.5) is 26.3 Å². The van der Waals surface area contributed by atoms with E-state index >= 15 is 0 Å². The van der Waals surface area contributed by atoms with Crippen LogP contribution in [0.25, 0.3) is 16.8 Å². The van der Waals surface area contributed by atoms with Crippen molar-refractivity contribution in [1.82, 2.24) is 19.9 Å².